The lowest BCUT2D eigenvalue weighted by Crippen LogP contribution is -2.43. The van der Waals surface area contributed by atoms with Gasteiger partial charge in [0.05, 0.1) is 41.8 Å². The number of hydrogen-bond acceptors (Lipinski definition) is 6. The lowest BCUT2D eigenvalue weighted by Gasteiger charge is -2.38. The van der Waals surface area contributed by atoms with Gasteiger partial charge in [-0.2, -0.15) is 13.2 Å². The number of aromatic nitrogens is 3. The average molecular weight is 461 g/mol. The van der Waals surface area contributed by atoms with Gasteiger partial charge >= 0.3 is 12.1 Å². The maximum atomic E-state index is 10.6. The van der Waals surface area contributed by atoms with Crippen LogP contribution in [-0.4, -0.2) is 49.3 Å². The number of carboxylic acids is 1. The summed E-state index contributed by atoms with van der Waals surface area (Å²) in [4.78, 5) is 20.7. The summed E-state index contributed by atoms with van der Waals surface area (Å²) in [7, 11) is 0. The summed E-state index contributed by atoms with van der Waals surface area (Å²) < 4.78 is 40.0. The zero-order valence-corrected chi connectivity index (χ0v) is 18.4. The molecule has 3 heterocycles. The van der Waals surface area contributed by atoms with Gasteiger partial charge in [0.15, 0.2) is 0 Å². The fraction of sp³-hybridized carbons (Fsp3) is 0.650. The van der Waals surface area contributed by atoms with Gasteiger partial charge in [-0.1, -0.05) is 12.8 Å². The van der Waals surface area contributed by atoms with Gasteiger partial charge in [-0.15, -0.1) is 11.3 Å². The number of fused-ring (bicyclic) bond motifs is 1. The van der Waals surface area contributed by atoms with Crippen molar-refractivity contribution in [1.29, 1.82) is 0 Å². The molecule has 11 heteroatoms. The topological polar surface area (TPSA) is 80.5 Å². The number of thiazole rings is 1. The summed E-state index contributed by atoms with van der Waals surface area (Å²) in [5, 5.41) is 10.3. The van der Waals surface area contributed by atoms with E-state index >= 15 is 0 Å². The average Bonchev–Trinajstić information content (AvgIpc) is 3.44. The summed E-state index contributed by atoms with van der Waals surface area (Å²) in [6.07, 6.45) is 2.40. The zero-order valence-electron chi connectivity index (χ0n) is 17.6. The van der Waals surface area contributed by atoms with Crippen LogP contribution in [0.1, 0.15) is 60.9 Å². The summed E-state index contributed by atoms with van der Waals surface area (Å²) in [6.45, 7) is 7.69. The molecule has 1 atom stereocenters. The number of rotatable bonds is 5. The largest absolute Gasteiger partial charge is 0.490 e. The maximum Gasteiger partial charge on any atom is 0.490 e. The number of imidazole rings is 1. The molecule has 0 radical (unpaired) electrons. The van der Waals surface area contributed by atoms with E-state index in [1.807, 2.05) is 13.1 Å². The van der Waals surface area contributed by atoms with Crippen molar-refractivity contribution in [2.75, 3.05) is 6.54 Å². The molecule has 7 nitrogen and oxygen atoms in total. The molecule has 0 amide bonds. The third-order valence-corrected chi connectivity index (χ3v) is 6.45. The number of carboxylic acid groups (broad SMARTS) is 1. The van der Waals surface area contributed by atoms with Crippen molar-refractivity contribution in [3.63, 3.8) is 0 Å². The second kappa shape index (κ2) is 10.1. The summed E-state index contributed by atoms with van der Waals surface area (Å²) in [6, 6.07) is 1.18. The number of ether oxygens (including phenoxy) is 1. The van der Waals surface area contributed by atoms with E-state index in [2.05, 4.69) is 26.8 Å². The molecule has 1 aliphatic heterocycles. The quantitative estimate of drug-likeness (QED) is 0.716. The molecule has 2 aromatic heterocycles. The van der Waals surface area contributed by atoms with Gasteiger partial charge in [0.1, 0.15) is 5.82 Å². The van der Waals surface area contributed by atoms with E-state index in [0.717, 1.165) is 29.8 Å². The Morgan fingerprint density at radius 2 is 1.97 bits per heavy atom. The molecule has 0 bridgehead atoms. The number of halogens is 3. The molecule has 1 fully saturated rings. The summed E-state index contributed by atoms with van der Waals surface area (Å²) in [5.74, 6) is -1.55. The molecule has 1 unspecified atom stereocenters. The fourth-order valence-electron chi connectivity index (χ4n) is 4.16. The van der Waals surface area contributed by atoms with Crippen molar-refractivity contribution in [3.8, 4) is 0 Å². The monoisotopic (exact) mass is 460 g/mol. The minimum absolute atomic E-state index is 0.414. The fourth-order valence-corrected chi connectivity index (χ4v) is 4.76. The molecule has 31 heavy (non-hydrogen) atoms. The molecule has 2 aliphatic rings. The van der Waals surface area contributed by atoms with E-state index in [4.69, 9.17) is 19.6 Å². The second-order valence-corrected chi connectivity index (χ2v) is 8.83. The van der Waals surface area contributed by atoms with Crippen molar-refractivity contribution in [3.05, 3.63) is 33.8 Å². The molecular weight excluding hydrogens is 433 g/mol. The highest BCUT2D eigenvalue weighted by molar-refractivity contribution is 7.09. The lowest BCUT2D eigenvalue weighted by molar-refractivity contribution is -0.192. The Balaban J connectivity index is 0.000000339. The molecule has 1 aliphatic carbocycles. The number of hydrogen-bond donors (Lipinski definition) is 1. The Bertz CT molecular complexity index is 877. The number of alkyl halides is 3. The maximum absolute atomic E-state index is 10.6. The Morgan fingerprint density at radius 1 is 1.29 bits per heavy atom. The molecular formula is C20H27F3N4O3S. The molecule has 172 valence electrons. The lowest BCUT2D eigenvalue weighted by atomic mass is 10.1. The SMILES string of the molecule is Cc1nc(COCc2cnc3n2CCN(C2CCCC2)C3C)cs1.O=C(O)C(F)(F)F. The number of nitrogens with zero attached hydrogens (tertiary/aromatic N) is 4. The Kier molecular flexibility index (Phi) is 7.71. The van der Waals surface area contributed by atoms with Gasteiger partial charge in [-0.3, -0.25) is 4.90 Å². The molecule has 1 N–H and O–H groups in total. The predicted molar refractivity (Wildman–Crippen MR) is 109 cm³/mol. The first-order valence-corrected chi connectivity index (χ1v) is 11.1. The normalized spacial score (nSPS) is 19.7. The van der Waals surface area contributed by atoms with Crippen molar-refractivity contribution in [2.45, 2.75) is 77.5 Å². The van der Waals surface area contributed by atoms with E-state index < -0.39 is 12.1 Å². The highest BCUT2D eigenvalue weighted by Gasteiger charge is 2.38. The molecule has 0 aromatic carbocycles. The number of aryl methyl sites for hydroxylation is 1. The van der Waals surface area contributed by atoms with Crippen molar-refractivity contribution in [1.82, 2.24) is 19.4 Å². The third-order valence-electron chi connectivity index (χ3n) is 5.62. The van der Waals surface area contributed by atoms with Gasteiger partial charge in [-0.25, -0.2) is 14.8 Å². The first kappa shape index (κ1) is 23.7. The predicted octanol–water partition coefficient (Wildman–Crippen LogP) is 4.32. The van der Waals surface area contributed by atoms with Crippen LogP contribution in [0.5, 0.6) is 0 Å². The minimum Gasteiger partial charge on any atom is -0.475 e. The zero-order chi connectivity index (χ0) is 22.6. The van der Waals surface area contributed by atoms with Crippen LogP contribution in [0.4, 0.5) is 13.2 Å². The van der Waals surface area contributed by atoms with Crippen molar-refractivity contribution < 1.29 is 27.8 Å². The van der Waals surface area contributed by atoms with E-state index in [9.17, 15) is 13.2 Å². The Labute approximate surface area is 182 Å². The number of aliphatic carboxylic acids is 1. The van der Waals surface area contributed by atoms with Crippen LogP contribution in [0.2, 0.25) is 0 Å². The van der Waals surface area contributed by atoms with Gasteiger partial charge in [0, 0.05) is 24.5 Å². The van der Waals surface area contributed by atoms with Gasteiger partial charge in [-0.05, 0) is 26.7 Å². The third kappa shape index (κ3) is 6.05. The van der Waals surface area contributed by atoms with Gasteiger partial charge in [0.25, 0.3) is 0 Å². The molecule has 0 spiro atoms. The minimum atomic E-state index is -5.08. The molecule has 0 saturated heterocycles. The molecule has 1 saturated carbocycles. The van der Waals surface area contributed by atoms with Crippen molar-refractivity contribution in [2.24, 2.45) is 0 Å². The molecule has 2 aromatic rings. The van der Waals surface area contributed by atoms with Crippen LogP contribution in [0.15, 0.2) is 11.6 Å². The van der Waals surface area contributed by atoms with Gasteiger partial charge in [0.2, 0.25) is 0 Å². The van der Waals surface area contributed by atoms with E-state index in [0.29, 0.717) is 19.3 Å². The first-order valence-electron chi connectivity index (χ1n) is 10.3. The van der Waals surface area contributed by atoms with Crippen LogP contribution in [0.25, 0.3) is 0 Å². The smallest absolute Gasteiger partial charge is 0.475 e. The molecule has 4 rings (SSSR count). The Morgan fingerprint density at radius 3 is 2.55 bits per heavy atom. The van der Waals surface area contributed by atoms with E-state index in [1.165, 1.54) is 37.2 Å². The summed E-state index contributed by atoms with van der Waals surface area (Å²) in [5.41, 5.74) is 2.21. The Hall–Kier alpha value is -1.98. The van der Waals surface area contributed by atoms with Crippen LogP contribution >= 0.6 is 11.3 Å². The van der Waals surface area contributed by atoms with E-state index in [-0.39, 0.29) is 0 Å². The van der Waals surface area contributed by atoms with Crippen LogP contribution < -0.4 is 0 Å². The van der Waals surface area contributed by atoms with Crippen LogP contribution in [0, 0.1) is 6.92 Å². The van der Waals surface area contributed by atoms with Gasteiger partial charge < -0.3 is 14.4 Å². The first-order chi connectivity index (χ1) is 14.7. The van der Waals surface area contributed by atoms with Crippen LogP contribution in [0.3, 0.4) is 0 Å². The van der Waals surface area contributed by atoms with Crippen molar-refractivity contribution >= 4 is 17.3 Å². The highest BCUT2D eigenvalue weighted by Crippen LogP contribution is 2.33. The standard InChI is InChI=1S/C18H26N4OS.C2HF3O2/c1-13-18-19-9-17(11-23-10-15-12-24-14(2)20-15)22(18)8-7-21(13)16-5-3-4-6-16;3-2(4,5)1(6)7/h9,12-13,16H,3-8,10-11H2,1-2H3;(H,6,7). The van der Waals surface area contributed by atoms with Crippen LogP contribution in [-0.2, 0) is 29.3 Å². The summed E-state index contributed by atoms with van der Waals surface area (Å²) >= 11 is 1.67. The number of carbonyl (C=O) groups is 1. The second-order valence-electron chi connectivity index (χ2n) is 7.77. The van der Waals surface area contributed by atoms with E-state index in [1.54, 1.807) is 11.3 Å². The highest BCUT2D eigenvalue weighted by atomic mass is 32.1.